The lowest BCUT2D eigenvalue weighted by Crippen LogP contribution is -2.54. The number of carbonyl (C=O) groups excluding carboxylic acids is 1. The number of nitrogens with one attached hydrogen (secondary N) is 1. The van der Waals surface area contributed by atoms with Crippen LogP contribution in [0.15, 0.2) is 0 Å². The molecule has 0 radical (unpaired) electrons. The van der Waals surface area contributed by atoms with Crippen molar-refractivity contribution in [1.29, 1.82) is 0 Å². The first kappa shape index (κ1) is 25.4. The standard InChI is InChI=1S/C26H45NO5S/c1-17(4-9-24(29)27-14-15-33(30,31)32)21-7-8-22-20-6-5-18-16-19(28)10-12-25(18,2)23(20)11-13-26(21,22)3/h17-23,28H,4-16H2,1-3H3,(H,27,29)(H,30,31,32)/p-1/t17-,18-,19?,20+,21-,22+,23+,25+,26-/m1/s1. The van der Waals surface area contributed by atoms with Crippen molar-refractivity contribution in [3.05, 3.63) is 0 Å². The Morgan fingerprint density at radius 3 is 2.48 bits per heavy atom. The Balaban J connectivity index is 1.35. The van der Waals surface area contributed by atoms with Crippen LogP contribution in [-0.4, -0.2) is 42.4 Å². The quantitative estimate of drug-likeness (QED) is 0.532. The Kier molecular flexibility index (Phi) is 7.26. The van der Waals surface area contributed by atoms with Gasteiger partial charge in [0, 0.05) is 13.0 Å². The zero-order valence-corrected chi connectivity index (χ0v) is 21.5. The topological polar surface area (TPSA) is 107 Å². The fourth-order valence-corrected chi connectivity index (χ4v) is 9.53. The molecule has 0 heterocycles. The minimum atomic E-state index is -4.29. The van der Waals surface area contributed by atoms with Gasteiger partial charge >= 0.3 is 0 Å². The van der Waals surface area contributed by atoms with E-state index in [-0.39, 0.29) is 18.6 Å². The van der Waals surface area contributed by atoms with Gasteiger partial charge in [-0.15, -0.1) is 0 Å². The molecule has 7 heteroatoms. The highest BCUT2D eigenvalue weighted by molar-refractivity contribution is 7.85. The third-order valence-electron chi connectivity index (χ3n) is 10.9. The van der Waals surface area contributed by atoms with E-state index in [1.54, 1.807) is 0 Å². The van der Waals surface area contributed by atoms with Crippen molar-refractivity contribution in [2.45, 2.75) is 97.5 Å². The van der Waals surface area contributed by atoms with Gasteiger partial charge in [0.2, 0.25) is 5.91 Å². The number of aliphatic hydroxyl groups is 1. The summed E-state index contributed by atoms with van der Waals surface area (Å²) in [6.45, 7) is 7.26. The first-order valence-corrected chi connectivity index (χ1v) is 14.9. The Hall–Kier alpha value is -0.660. The monoisotopic (exact) mass is 482 g/mol. The molecule has 0 saturated heterocycles. The van der Waals surface area contributed by atoms with E-state index < -0.39 is 15.9 Å². The molecule has 33 heavy (non-hydrogen) atoms. The van der Waals surface area contributed by atoms with Crippen LogP contribution in [0.2, 0.25) is 0 Å². The van der Waals surface area contributed by atoms with E-state index in [0.29, 0.717) is 35.0 Å². The predicted octanol–water partition coefficient (Wildman–Crippen LogP) is 4.08. The molecule has 0 aromatic heterocycles. The van der Waals surface area contributed by atoms with Crippen LogP contribution in [0.4, 0.5) is 0 Å². The summed E-state index contributed by atoms with van der Waals surface area (Å²) in [7, 11) is -4.29. The molecular formula is C26H44NO5S-. The number of amides is 1. The Morgan fingerprint density at radius 2 is 1.76 bits per heavy atom. The third-order valence-corrected chi connectivity index (χ3v) is 11.6. The lowest BCUT2D eigenvalue weighted by atomic mass is 9.44. The second kappa shape index (κ2) is 9.42. The highest BCUT2D eigenvalue weighted by atomic mass is 32.2. The van der Waals surface area contributed by atoms with Crippen molar-refractivity contribution < 1.29 is 22.9 Å². The molecule has 4 aliphatic rings. The van der Waals surface area contributed by atoms with Crippen LogP contribution in [0.5, 0.6) is 0 Å². The molecule has 1 unspecified atom stereocenters. The summed E-state index contributed by atoms with van der Waals surface area (Å²) in [5.74, 6) is 3.49. The summed E-state index contributed by atoms with van der Waals surface area (Å²) < 4.78 is 32.1. The average molecular weight is 483 g/mol. The normalized spacial score (nSPS) is 43.8. The van der Waals surface area contributed by atoms with Gasteiger partial charge in [-0.3, -0.25) is 4.79 Å². The molecule has 9 atom stereocenters. The molecule has 0 aromatic rings. The molecule has 0 aromatic carbocycles. The Morgan fingerprint density at radius 1 is 1.06 bits per heavy atom. The molecule has 0 bridgehead atoms. The van der Waals surface area contributed by atoms with Crippen LogP contribution in [0.25, 0.3) is 0 Å². The van der Waals surface area contributed by atoms with Gasteiger partial charge in [0.1, 0.15) is 0 Å². The molecule has 4 fully saturated rings. The van der Waals surface area contributed by atoms with Crippen molar-refractivity contribution >= 4 is 16.0 Å². The van der Waals surface area contributed by atoms with E-state index in [1.807, 2.05) is 0 Å². The van der Waals surface area contributed by atoms with E-state index in [2.05, 4.69) is 26.1 Å². The number of rotatable bonds is 7. The first-order valence-electron chi connectivity index (χ1n) is 13.3. The number of hydrogen-bond donors (Lipinski definition) is 2. The summed E-state index contributed by atoms with van der Waals surface area (Å²) in [6.07, 6.45) is 12.0. The summed E-state index contributed by atoms with van der Waals surface area (Å²) in [4.78, 5) is 12.2. The van der Waals surface area contributed by atoms with Crippen molar-refractivity contribution in [3.63, 3.8) is 0 Å². The smallest absolute Gasteiger partial charge is 0.220 e. The molecule has 4 rings (SSSR count). The molecule has 2 N–H and O–H groups in total. The predicted molar refractivity (Wildman–Crippen MR) is 127 cm³/mol. The largest absolute Gasteiger partial charge is 0.748 e. The second-order valence-electron chi connectivity index (χ2n) is 12.4. The zero-order chi connectivity index (χ0) is 24.0. The van der Waals surface area contributed by atoms with E-state index in [0.717, 1.165) is 37.0 Å². The van der Waals surface area contributed by atoms with E-state index in [1.165, 1.54) is 44.9 Å². The van der Waals surface area contributed by atoms with Gasteiger partial charge < -0.3 is 15.0 Å². The van der Waals surface area contributed by atoms with Crippen LogP contribution in [0, 0.1) is 46.3 Å². The van der Waals surface area contributed by atoms with Crippen molar-refractivity contribution in [3.8, 4) is 0 Å². The Labute approximate surface area is 200 Å². The van der Waals surface area contributed by atoms with Gasteiger partial charge in [-0.1, -0.05) is 20.8 Å². The molecular weight excluding hydrogens is 438 g/mol. The highest BCUT2D eigenvalue weighted by Crippen LogP contribution is 2.68. The molecule has 0 spiro atoms. The van der Waals surface area contributed by atoms with E-state index in [9.17, 15) is 22.9 Å². The maximum Gasteiger partial charge on any atom is 0.220 e. The maximum atomic E-state index is 12.2. The Bertz CT molecular complexity index is 831. The van der Waals surface area contributed by atoms with Crippen LogP contribution in [0.3, 0.4) is 0 Å². The molecule has 0 aliphatic heterocycles. The molecule has 190 valence electrons. The average Bonchev–Trinajstić information content (AvgIpc) is 3.09. The van der Waals surface area contributed by atoms with Gasteiger partial charge in [-0.25, -0.2) is 8.42 Å². The molecule has 4 aliphatic carbocycles. The van der Waals surface area contributed by atoms with Gasteiger partial charge in [0.15, 0.2) is 0 Å². The molecule has 4 saturated carbocycles. The van der Waals surface area contributed by atoms with Crippen molar-refractivity contribution in [2.24, 2.45) is 46.3 Å². The maximum absolute atomic E-state index is 12.2. The van der Waals surface area contributed by atoms with Gasteiger partial charge in [0.05, 0.1) is 22.0 Å². The SMILES string of the molecule is C[C@H](CCC(=O)NCCS(=O)(=O)[O-])[C@H]1CC[C@H]2[C@@H]3CC[C@@H]4CC(O)CC[C@]4(C)[C@H]3CC[C@]12C. The fraction of sp³-hybridized carbons (Fsp3) is 0.962. The van der Waals surface area contributed by atoms with Gasteiger partial charge in [-0.2, -0.15) is 0 Å². The summed E-state index contributed by atoms with van der Waals surface area (Å²) in [5, 5.41) is 12.8. The summed E-state index contributed by atoms with van der Waals surface area (Å²) in [5.41, 5.74) is 0.758. The van der Waals surface area contributed by atoms with E-state index >= 15 is 0 Å². The lowest BCUT2D eigenvalue weighted by Gasteiger charge is -2.61. The fourth-order valence-electron chi connectivity index (χ4n) is 9.17. The van der Waals surface area contributed by atoms with Crippen LogP contribution >= 0.6 is 0 Å². The molecule has 1 amide bonds. The van der Waals surface area contributed by atoms with Crippen LogP contribution in [0.1, 0.15) is 91.4 Å². The third kappa shape index (κ3) is 5.02. The van der Waals surface area contributed by atoms with Crippen LogP contribution < -0.4 is 5.32 Å². The summed E-state index contributed by atoms with van der Waals surface area (Å²) in [6, 6.07) is 0. The van der Waals surface area contributed by atoms with Crippen molar-refractivity contribution in [2.75, 3.05) is 12.3 Å². The number of hydrogen-bond acceptors (Lipinski definition) is 5. The number of fused-ring (bicyclic) bond motifs is 5. The minimum absolute atomic E-state index is 0.0906. The van der Waals surface area contributed by atoms with Gasteiger partial charge in [0.25, 0.3) is 0 Å². The van der Waals surface area contributed by atoms with Gasteiger partial charge in [-0.05, 0) is 111 Å². The first-order chi connectivity index (χ1) is 15.4. The second-order valence-corrected chi connectivity index (χ2v) is 14.0. The lowest BCUT2D eigenvalue weighted by molar-refractivity contribution is -0.129. The van der Waals surface area contributed by atoms with Crippen LogP contribution in [-0.2, 0) is 14.9 Å². The number of carbonyl (C=O) groups is 1. The summed E-state index contributed by atoms with van der Waals surface area (Å²) >= 11 is 0. The highest BCUT2D eigenvalue weighted by Gasteiger charge is 2.60. The minimum Gasteiger partial charge on any atom is -0.748 e. The zero-order valence-electron chi connectivity index (χ0n) is 20.7. The van der Waals surface area contributed by atoms with E-state index in [4.69, 9.17) is 0 Å². The number of aliphatic hydroxyl groups excluding tert-OH is 1. The van der Waals surface area contributed by atoms with Crippen molar-refractivity contribution in [1.82, 2.24) is 5.32 Å². The molecule has 6 nitrogen and oxygen atoms in total.